The second kappa shape index (κ2) is 5.11. The summed E-state index contributed by atoms with van der Waals surface area (Å²) in [5, 5.41) is 4.09. The summed E-state index contributed by atoms with van der Waals surface area (Å²) in [5.74, 6) is 2.13. The minimum absolute atomic E-state index is 0.468. The van der Waals surface area contributed by atoms with Gasteiger partial charge >= 0.3 is 0 Å². The maximum absolute atomic E-state index is 5.29. The van der Waals surface area contributed by atoms with Crippen LogP contribution in [-0.2, 0) is 6.42 Å². The smallest absolute Gasteiger partial charge is 0.119 e. The Kier molecular flexibility index (Phi) is 3.77. The lowest BCUT2D eigenvalue weighted by molar-refractivity contribution is 0.413. The molecule has 0 aromatic heterocycles. The number of nitrogens with one attached hydrogen (secondary N) is 1. The van der Waals surface area contributed by atoms with Gasteiger partial charge in [0.2, 0.25) is 0 Å². The highest BCUT2D eigenvalue weighted by atomic mass is 32.2. The van der Waals surface area contributed by atoms with E-state index in [4.69, 9.17) is 4.74 Å². The van der Waals surface area contributed by atoms with Crippen molar-refractivity contribution < 1.29 is 4.74 Å². The van der Waals surface area contributed by atoms with Gasteiger partial charge in [0.25, 0.3) is 0 Å². The Bertz CT molecular complexity index is 367. The number of benzene rings is 1. The molecule has 1 aliphatic rings. The van der Waals surface area contributed by atoms with Gasteiger partial charge in [0.05, 0.1) is 7.11 Å². The van der Waals surface area contributed by atoms with E-state index in [0.717, 1.165) is 5.75 Å². The van der Waals surface area contributed by atoms with E-state index in [-0.39, 0.29) is 0 Å². The molecule has 2 rings (SSSR count). The third-order valence-corrected chi connectivity index (χ3v) is 4.37. The standard InChI is InChI=1S/C13H19NOS/c1-4-16-12-7-9-5-6-10(15-3)8-11(9)13(12)14-2/h5-6,8,12-14H,4,7H2,1-3H3. The molecule has 0 fully saturated rings. The molecule has 0 saturated carbocycles. The van der Waals surface area contributed by atoms with Crippen LogP contribution in [0.3, 0.4) is 0 Å². The highest BCUT2D eigenvalue weighted by Gasteiger charge is 2.31. The van der Waals surface area contributed by atoms with Crippen molar-refractivity contribution in [3.8, 4) is 5.75 Å². The van der Waals surface area contributed by atoms with Crippen molar-refractivity contribution in [3.05, 3.63) is 29.3 Å². The van der Waals surface area contributed by atoms with Gasteiger partial charge < -0.3 is 10.1 Å². The van der Waals surface area contributed by atoms with Crippen LogP contribution in [-0.4, -0.2) is 25.2 Å². The lowest BCUT2D eigenvalue weighted by Crippen LogP contribution is -2.23. The van der Waals surface area contributed by atoms with Gasteiger partial charge in [-0.1, -0.05) is 13.0 Å². The topological polar surface area (TPSA) is 21.3 Å². The Morgan fingerprint density at radius 2 is 2.31 bits per heavy atom. The molecule has 1 aromatic carbocycles. The third-order valence-electron chi connectivity index (χ3n) is 3.17. The van der Waals surface area contributed by atoms with Gasteiger partial charge in [0.15, 0.2) is 0 Å². The van der Waals surface area contributed by atoms with Gasteiger partial charge in [0.1, 0.15) is 5.75 Å². The van der Waals surface area contributed by atoms with Gasteiger partial charge in [-0.15, -0.1) is 0 Å². The van der Waals surface area contributed by atoms with E-state index in [0.29, 0.717) is 11.3 Å². The minimum atomic E-state index is 0.468. The maximum atomic E-state index is 5.29. The van der Waals surface area contributed by atoms with Crippen LogP contribution < -0.4 is 10.1 Å². The Morgan fingerprint density at radius 1 is 1.50 bits per heavy atom. The summed E-state index contributed by atoms with van der Waals surface area (Å²) in [6, 6.07) is 6.90. The molecule has 2 atom stereocenters. The fraction of sp³-hybridized carbons (Fsp3) is 0.538. The number of fused-ring (bicyclic) bond motifs is 1. The second-order valence-corrected chi connectivity index (χ2v) is 5.55. The number of rotatable bonds is 4. The first-order chi connectivity index (χ1) is 7.80. The van der Waals surface area contributed by atoms with Gasteiger partial charge in [-0.05, 0) is 42.5 Å². The second-order valence-electron chi connectivity index (χ2n) is 4.03. The lowest BCUT2D eigenvalue weighted by Gasteiger charge is -2.18. The molecule has 0 radical (unpaired) electrons. The quantitative estimate of drug-likeness (QED) is 0.870. The zero-order valence-electron chi connectivity index (χ0n) is 10.1. The van der Waals surface area contributed by atoms with E-state index in [1.165, 1.54) is 23.3 Å². The largest absolute Gasteiger partial charge is 0.497 e. The SMILES string of the molecule is CCSC1Cc2ccc(OC)cc2C1NC. The molecule has 0 heterocycles. The van der Waals surface area contributed by atoms with Crippen LogP contribution in [0.5, 0.6) is 5.75 Å². The summed E-state index contributed by atoms with van der Waals surface area (Å²) in [4.78, 5) is 0. The fourth-order valence-electron chi connectivity index (χ4n) is 2.42. The molecule has 0 saturated heterocycles. The number of hydrogen-bond donors (Lipinski definition) is 1. The number of methoxy groups -OCH3 is 1. The van der Waals surface area contributed by atoms with Crippen molar-refractivity contribution in [1.82, 2.24) is 5.32 Å². The van der Waals surface area contributed by atoms with Gasteiger partial charge in [0, 0.05) is 11.3 Å². The zero-order chi connectivity index (χ0) is 11.5. The summed E-state index contributed by atoms with van der Waals surface area (Å²) in [7, 11) is 3.77. The van der Waals surface area contributed by atoms with E-state index in [1.807, 2.05) is 18.8 Å². The number of thioether (sulfide) groups is 1. The molecular weight excluding hydrogens is 218 g/mol. The molecule has 3 heteroatoms. The van der Waals surface area contributed by atoms with E-state index in [1.54, 1.807) is 7.11 Å². The minimum Gasteiger partial charge on any atom is -0.497 e. The van der Waals surface area contributed by atoms with E-state index in [2.05, 4.69) is 30.4 Å². The normalized spacial score (nSPS) is 23.2. The first-order valence-electron chi connectivity index (χ1n) is 5.75. The van der Waals surface area contributed by atoms with Crippen molar-refractivity contribution in [2.75, 3.05) is 19.9 Å². The molecule has 1 aromatic rings. The predicted molar refractivity (Wildman–Crippen MR) is 70.4 cm³/mol. The van der Waals surface area contributed by atoms with Crippen molar-refractivity contribution >= 4 is 11.8 Å². The molecular formula is C13H19NOS. The third kappa shape index (κ3) is 2.06. The lowest BCUT2D eigenvalue weighted by atomic mass is 10.1. The molecule has 88 valence electrons. The predicted octanol–water partition coefficient (Wildman–Crippen LogP) is 2.63. The van der Waals surface area contributed by atoms with Crippen LogP contribution in [0.15, 0.2) is 18.2 Å². The van der Waals surface area contributed by atoms with Gasteiger partial charge in [-0.3, -0.25) is 0 Å². The zero-order valence-corrected chi connectivity index (χ0v) is 10.9. The van der Waals surface area contributed by atoms with Crippen LogP contribution >= 0.6 is 11.8 Å². The van der Waals surface area contributed by atoms with E-state index >= 15 is 0 Å². The van der Waals surface area contributed by atoms with Crippen LogP contribution in [0.2, 0.25) is 0 Å². The first-order valence-corrected chi connectivity index (χ1v) is 6.80. The summed E-state index contributed by atoms with van der Waals surface area (Å²) >= 11 is 2.04. The molecule has 2 unspecified atom stereocenters. The fourth-order valence-corrected chi connectivity index (χ4v) is 3.62. The molecule has 0 spiro atoms. The average Bonchev–Trinajstić information content (AvgIpc) is 2.65. The van der Waals surface area contributed by atoms with Crippen LogP contribution in [0.1, 0.15) is 24.1 Å². The monoisotopic (exact) mass is 237 g/mol. The highest BCUT2D eigenvalue weighted by molar-refractivity contribution is 7.99. The van der Waals surface area contributed by atoms with Crippen molar-refractivity contribution in [2.24, 2.45) is 0 Å². The maximum Gasteiger partial charge on any atom is 0.119 e. The molecule has 2 nitrogen and oxygen atoms in total. The highest BCUT2D eigenvalue weighted by Crippen LogP contribution is 2.39. The summed E-state index contributed by atoms with van der Waals surface area (Å²) in [6.45, 7) is 2.22. The average molecular weight is 237 g/mol. The van der Waals surface area contributed by atoms with Crippen molar-refractivity contribution in [3.63, 3.8) is 0 Å². The molecule has 0 amide bonds. The molecule has 0 bridgehead atoms. The van der Waals surface area contributed by atoms with Crippen LogP contribution in [0.25, 0.3) is 0 Å². The van der Waals surface area contributed by atoms with E-state index in [9.17, 15) is 0 Å². The van der Waals surface area contributed by atoms with Crippen molar-refractivity contribution in [1.29, 1.82) is 0 Å². The molecule has 0 aliphatic heterocycles. The van der Waals surface area contributed by atoms with Crippen molar-refractivity contribution in [2.45, 2.75) is 24.6 Å². The van der Waals surface area contributed by atoms with Gasteiger partial charge in [-0.25, -0.2) is 0 Å². The Balaban J connectivity index is 2.28. The summed E-state index contributed by atoms with van der Waals surface area (Å²) in [6.07, 6.45) is 1.17. The molecule has 1 N–H and O–H groups in total. The van der Waals surface area contributed by atoms with Gasteiger partial charge in [-0.2, -0.15) is 11.8 Å². The number of hydrogen-bond acceptors (Lipinski definition) is 3. The number of ether oxygens (including phenoxy) is 1. The van der Waals surface area contributed by atoms with Crippen LogP contribution in [0, 0.1) is 0 Å². The summed E-state index contributed by atoms with van der Waals surface area (Å²) < 4.78 is 5.29. The van der Waals surface area contributed by atoms with Crippen LogP contribution in [0.4, 0.5) is 0 Å². The molecule has 16 heavy (non-hydrogen) atoms. The molecule has 1 aliphatic carbocycles. The van der Waals surface area contributed by atoms with E-state index < -0.39 is 0 Å². The Hall–Kier alpha value is -0.670. The Morgan fingerprint density at radius 3 is 2.94 bits per heavy atom. The Labute approximate surface area is 102 Å². The summed E-state index contributed by atoms with van der Waals surface area (Å²) in [5.41, 5.74) is 2.87. The first kappa shape index (κ1) is 11.8.